The molecule has 4 rings (SSSR count). The van der Waals surface area contributed by atoms with Gasteiger partial charge in [0.05, 0.1) is 18.8 Å². The van der Waals surface area contributed by atoms with Crippen molar-refractivity contribution in [2.75, 3.05) is 18.5 Å². The van der Waals surface area contributed by atoms with Crippen LogP contribution in [0.15, 0.2) is 42.5 Å². The van der Waals surface area contributed by atoms with Crippen LogP contribution in [0.5, 0.6) is 11.5 Å². The van der Waals surface area contributed by atoms with Gasteiger partial charge in [-0.15, -0.1) is 0 Å². The second-order valence-corrected chi connectivity index (χ2v) is 6.17. The van der Waals surface area contributed by atoms with Gasteiger partial charge < -0.3 is 19.8 Å². The number of aryl methyl sites for hydroxylation is 1. The first-order valence-electron chi connectivity index (χ1n) is 8.46. The van der Waals surface area contributed by atoms with Crippen LogP contribution in [0.1, 0.15) is 22.5 Å². The number of para-hydroxylation sites is 1. The number of nitrogens with one attached hydrogen (secondary N) is 2. The molecule has 1 aromatic heterocycles. The summed E-state index contributed by atoms with van der Waals surface area (Å²) in [6.45, 7) is 2.93. The minimum atomic E-state index is -0.688. The number of carbonyl (C=O) groups excluding carboxylic acids is 2. The molecule has 6 nitrogen and oxygen atoms in total. The largest absolute Gasteiger partial charge is 0.490 e. The SMILES string of the molecule is Cc1[nH]c2ccccc2c1C(=O)C(=O)Nc1ccc2c(c1)OCCCO2. The van der Waals surface area contributed by atoms with Gasteiger partial charge >= 0.3 is 0 Å². The van der Waals surface area contributed by atoms with Crippen LogP contribution in [-0.4, -0.2) is 29.9 Å². The zero-order valence-electron chi connectivity index (χ0n) is 14.3. The molecule has 2 N–H and O–H groups in total. The van der Waals surface area contributed by atoms with Crippen molar-refractivity contribution in [2.24, 2.45) is 0 Å². The van der Waals surface area contributed by atoms with Gasteiger partial charge in [0, 0.05) is 34.8 Å². The summed E-state index contributed by atoms with van der Waals surface area (Å²) in [5.74, 6) is -0.0604. The molecule has 2 heterocycles. The number of fused-ring (bicyclic) bond motifs is 2. The van der Waals surface area contributed by atoms with Gasteiger partial charge in [-0.2, -0.15) is 0 Å². The number of aromatic nitrogens is 1. The first-order valence-corrected chi connectivity index (χ1v) is 8.46. The van der Waals surface area contributed by atoms with Crippen molar-refractivity contribution in [3.63, 3.8) is 0 Å². The maximum Gasteiger partial charge on any atom is 0.296 e. The molecule has 26 heavy (non-hydrogen) atoms. The molecule has 2 aromatic carbocycles. The minimum absolute atomic E-state index is 0.396. The number of amides is 1. The zero-order chi connectivity index (χ0) is 18.1. The second-order valence-electron chi connectivity index (χ2n) is 6.17. The summed E-state index contributed by atoms with van der Waals surface area (Å²) in [5.41, 5.74) is 2.39. The summed E-state index contributed by atoms with van der Waals surface area (Å²) in [5, 5.41) is 3.39. The van der Waals surface area contributed by atoms with Crippen LogP contribution < -0.4 is 14.8 Å². The smallest absolute Gasteiger partial charge is 0.296 e. The first-order chi connectivity index (χ1) is 12.6. The lowest BCUT2D eigenvalue weighted by molar-refractivity contribution is -0.112. The molecular weight excluding hydrogens is 332 g/mol. The summed E-state index contributed by atoms with van der Waals surface area (Å²) in [6, 6.07) is 12.5. The Hall–Kier alpha value is -3.28. The maximum absolute atomic E-state index is 12.7. The first kappa shape index (κ1) is 16.2. The second kappa shape index (κ2) is 6.55. The molecule has 0 fully saturated rings. The van der Waals surface area contributed by atoms with Crippen LogP contribution in [-0.2, 0) is 4.79 Å². The van der Waals surface area contributed by atoms with Crippen LogP contribution in [0.25, 0.3) is 10.9 Å². The van der Waals surface area contributed by atoms with E-state index in [0.29, 0.717) is 41.7 Å². The number of rotatable bonds is 3. The van der Waals surface area contributed by atoms with Gasteiger partial charge in [-0.25, -0.2) is 0 Å². The Balaban J connectivity index is 1.59. The lowest BCUT2D eigenvalue weighted by atomic mass is 10.1. The van der Waals surface area contributed by atoms with Gasteiger partial charge in [-0.3, -0.25) is 9.59 Å². The number of benzene rings is 2. The van der Waals surface area contributed by atoms with E-state index in [0.717, 1.165) is 17.3 Å². The average molecular weight is 350 g/mol. The van der Waals surface area contributed by atoms with E-state index in [-0.39, 0.29) is 0 Å². The summed E-state index contributed by atoms with van der Waals surface area (Å²) in [7, 11) is 0. The summed E-state index contributed by atoms with van der Waals surface area (Å²) in [6.07, 6.45) is 0.800. The molecule has 3 aromatic rings. The van der Waals surface area contributed by atoms with E-state index in [2.05, 4.69) is 10.3 Å². The Kier molecular flexibility index (Phi) is 4.08. The van der Waals surface area contributed by atoms with E-state index >= 15 is 0 Å². The molecular formula is C20H18N2O4. The molecule has 0 bridgehead atoms. The van der Waals surface area contributed by atoms with Crippen molar-refractivity contribution in [3.8, 4) is 11.5 Å². The lowest BCUT2D eigenvalue weighted by Crippen LogP contribution is -2.23. The third kappa shape index (κ3) is 2.90. The third-order valence-corrected chi connectivity index (χ3v) is 4.33. The molecule has 6 heteroatoms. The van der Waals surface area contributed by atoms with Crippen molar-refractivity contribution in [1.82, 2.24) is 4.98 Å². The Morgan fingerprint density at radius 1 is 1.04 bits per heavy atom. The van der Waals surface area contributed by atoms with E-state index in [1.165, 1.54) is 0 Å². The van der Waals surface area contributed by atoms with Crippen molar-refractivity contribution in [1.29, 1.82) is 0 Å². The molecule has 1 amide bonds. The fourth-order valence-electron chi connectivity index (χ4n) is 3.11. The number of carbonyl (C=O) groups is 2. The number of Topliss-reactive ketones (excluding diaryl/α,β-unsaturated/α-hetero) is 1. The highest BCUT2D eigenvalue weighted by atomic mass is 16.5. The van der Waals surface area contributed by atoms with E-state index in [4.69, 9.17) is 9.47 Å². The fourth-order valence-corrected chi connectivity index (χ4v) is 3.11. The Morgan fingerprint density at radius 2 is 1.81 bits per heavy atom. The molecule has 132 valence electrons. The van der Waals surface area contributed by atoms with Crippen molar-refractivity contribution in [2.45, 2.75) is 13.3 Å². The highest BCUT2D eigenvalue weighted by molar-refractivity contribution is 6.48. The summed E-state index contributed by atoms with van der Waals surface area (Å²) in [4.78, 5) is 28.3. The summed E-state index contributed by atoms with van der Waals surface area (Å²) >= 11 is 0. The number of aromatic amines is 1. The quantitative estimate of drug-likeness (QED) is 0.560. The summed E-state index contributed by atoms with van der Waals surface area (Å²) < 4.78 is 11.2. The molecule has 0 unspecified atom stereocenters. The number of ether oxygens (including phenoxy) is 2. The van der Waals surface area contributed by atoms with E-state index < -0.39 is 11.7 Å². The van der Waals surface area contributed by atoms with Crippen LogP contribution in [0.3, 0.4) is 0 Å². The van der Waals surface area contributed by atoms with Gasteiger partial charge in [0.15, 0.2) is 11.5 Å². The Bertz CT molecular complexity index is 1010. The molecule has 0 aliphatic carbocycles. The molecule has 1 aliphatic heterocycles. The predicted octanol–water partition coefficient (Wildman–Crippen LogP) is 3.46. The highest BCUT2D eigenvalue weighted by Gasteiger charge is 2.23. The standard InChI is InChI=1S/C20H18N2O4/c1-12-18(14-5-2-3-6-15(14)21-12)19(23)20(24)22-13-7-8-16-17(11-13)26-10-4-9-25-16/h2-3,5-8,11,21H,4,9-10H2,1H3,(H,22,24). The number of hydrogen-bond donors (Lipinski definition) is 2. The Labute approximate surface area is 150 Å². The van der Waals surface area contributed by atoms with Gasteiger partial charge in [-0.05, 0) is 25.1 Å². The number of anilines is 1. The van der Waals surface area contributed by atoms with Crippen molar-refractivity contribution < 1.29 is 19.1 Å². The third-order valence-electron chi connectivity index (χ3n) is 4.33. The van der Waals surface area contributed by atoms with Crippen molar-refractivity contribution >= 4 is 28.3 Å². The molecule has 0 spiro atoms. The van der Waals surface area contributed by atoms with Crippen LogP contribution >= 0.6 is 0 Å². The minimum Gasteiger partial charge on any atom is -0.490 e. The lowest BCUT2D eigenvalue weighted by Gasteiger charge is -2.10. The molecule has 0 saturated carbocycles. The Morgan fingerprint density at radius 3 is 2.65 bits per heavy atom. The van der Waals surface area contributed by atoms with E-state index in [1.807, 2.05) is 24.3 Å². The highest BCUT2D eigenvalue weighted by Crippen LogP contribution is 2.32. The number of H-pyrrole nitrogens is 1. The molecule has 0 saturated heterocycles. The monoisotopic (exact) mass is 350 g/mol. The van der Waals surface area contributed by atoms with Gasteiger partial charge in [0.25, 0.3) is 11.7 Å². The van der Waals surface area contributed by atoms with Gasteiger partial charge in [0.1, 0.15) is 0 Å². The molecule has 0 radical (unpaired) electrons. The fraction of sp³-hybridized carbons (Fsp3) is 0.200. The number of hydrogen-bond acceptors (Lipinski definition) is 4. The van der Waals surface area contributed by atoms with Crippen LogP contribution in [0, 0.1) is 6.92 Å². The average Bonchev–Trinajstić information content (AvgIpc) is 2.81. The topological polar surface area (TPSA) is 80.4 Å². The number of ketones is 1. The molecule has 1 aliphatic rings. The molecule has 0 atom stereocenters. The van der Waals surface area contributed by atoms with Gasteiger partial charge in [0.2, 0.25) is 0 Å². The zero-order valence-corrected chi connectivity index (χ0v) is 14.3. The van der Waals surface area contributed by atoms with Crippen LogP contribution in [0.2, 0.25) is 0 Å². The maximum atomic E-state index is 12.7. The normalized spacial score (nSPS) is 13.3. The van der Waals surface area contributed by atoms with E-state index in [9.17, 15) is 9.59 Å². The van der Waals surface area contributed by atoms with Crippen molar-refractivity contribution in [3.05, 3.63) is 53.7 Å². The predicted molar refractivity (Wildman–Crippen MR) is 98.0 cm³/mol. The van der Waals surface area contributed by atoms with E-state index in [1.54, 1.807) is 25.1 Å². The van der Waals surface area contributed by atoms with Crippen LogP contribution in [0.4, 0.5) is 5.69 Å². The van der Waals surface area contributed by atoms with Gasteiger partial charge in [-0.1, -0.05) is 18.2 Å².